The fourth-order valence-corrected chi connectivity index (χ4v) is 3.35. The van der Waals surface area contributed by atoms with Crippen LogP contribution >= 0.6 is 11.3 Å². The third-order valence-electron chi connectivity index (χ3n) is 3.68. The van der Waals surface area contributed by atoms with E-state index in [9.17, 15) is 0 Å². The Balaban J connectivity index is 1.65. The average molecular weight is 324 g/mol. The van der Waals surface area contributed by atoms with Gasteiger partial charge in [0.2, 0.25) is 0 Å². The van der Waals surface area contributed by atoms with Gasteiger partial charge in [-0.05, 0) is 25.1 Å². The molecule has 4 rings (SSSR count). The van der Waals surface area contributed by atoms with Crippen molar-refractivity contribution in [2.24, 2.45) is 5.73 Å². The topological polar surface area (TPSA) is 74.0 Å². The van der Waals surface area contributed by atoms with Gasteiger partial charge in [0.05, 0.1) is 29.2 Å². The minimum atomic E-state index is 0.671. The smallest absolute Gasteiger partial charge is 0.127 e. The maximum Gasteiger partial charge on any atom is 0.127 e. The average Bonchev–Trinajstić information content (AvgIpc) is 3.30. The maximum atomic E-state index is 5.54. The molecular formula is C16H16N6S. The maximum absolute atomic E-state index is 5.54. The van der Waals surface area contributed by atoms with Crippen molar-refractivity contribution in [3.05, 3.63) is 48.4 Å². The van der Waals surface area contributed by atoms with Gasteiger partial charge in [0.25, 0.3) is 0 Å². The van der Waals surface area contributed by atoms with Gasteiger partial charge in [0.15, 0.2) is 0 Å². The minimum Gasteiger partial charge on any atom is -0.330 e. The molecule has 6 nitrogen and oxygen atoms in total. The van der Waals surface area contributed by atoms with E-state index in [1.54, 1.807) is 11.3 Å². The second-order valence-electron chi connectivity index (χ2n) is 5.26. The molecule has 23 heavy (non-hydrogen) atoms. The summed E-state index contributed by atoms with van der Waals surface area (Å²) in [6.45, 7) is 1.51. The quantitative estimate of drug-likeness (QED) is 0.612. The van der Waals surface area contributed by atoms with E-state index in [4.69, 9.17) is 10.7 Å². The summed E-state index contributed by atoms with van der Waals surface area (Å²) in [7, 11) is 0. The van der Waals surface area contributed by atoms with Gasteiger partial charge < -0.3 is 5.73 Å². The number of hydrogen-bond acceptors (Lipinski definition) is 5. The van der Waals surface area contributed by atoms with Gasteiger partial charge in [-0.25, -0.2) is 9.50 Å². The second kappa shape index (κ2) is 5.94. The van der Waals surface area contributed by atoms with E-state index in [0.29, 0.717) is 6.54 Å². The molecule has 0 fully saturated rings. The molecule has 0 unspecified atom stereocenters. The van der Waals surface area contributed by atoms with Crippen molar-refractivity contribution >= 4 is 16.9 Å². The summed E-state index contributed by atoms with van der Waals surface area (Å²) in [4.78, 5) is 4.75. The molecular weight excluding hydrogens is 308 g/mol. The number of nitrogens with two attached hydrogens (primary N) is 1. The zero-order chi connectivity index (χ0) is 15.6. The van der Waals surface area contributed by atoms with Crippen LogP contribution in [0.2, 0.25) is 0 Å². The Hall–Kier alpha value is -2.51. The number of rotatable bonds is 5. The summed E-state index contributed by atoms with van der Waals surface area (Å²) in [6, 6.07) is 6.03. The van der Waals surface area contributed by atoms with E-state index in [0.717, 1.165) is 40.3 Å². The molecule has 0 radical (unpaired) electrons. The Morgan fingerprint density at radius 1 is 1.17 bits per heavy atom. The molecule has 0 bridgehead atoms. The first kappa shape index (κ1) is 14.1. The normalized spacial score (nSPS) is 11.3. The Morgan fingerprint density at radius 3 is 3.04 bits per heavy atom. The lowest BCUT2D eigenvalue weighted by molar-refractivity contribution is 0.585. The highest BCUT2D eigenvalue weighted by Gasteiger charge is 2.12. The van der Waals surface area contributed by atoms with Crippen LogP contribution in [0.5, 0.6) is 0 Å². The van der Waals surface area contributed by atoms with Gasteiger partial charge in [-0.2, -0.15) is 10.2 Å². The van der Waals surface area contributed by atoms with Gasteiger partial charge in [-0.1, -0.05) is 6.07 Å². The number of hydrogen-bond donors (Lipinski definition) is 1. The van der Waals surface area contributed by atoms with Crippen molar-refractivity contribution in [3.8, 4) is 21.8 Å². The standard InChI is InChI=1S/C16H16N6S/c17-5-3-6-21-10-12(8-18-21)14-11-23-16(20-14)13-9-19-22-7-2-1-4-15(13)22/h1-2,4,7-11H,3,5-6,17H2. The van der Waals surface area contributed by atoms with Crippen molar-refractivity contribution in [2.45, 2.75) is 13.0 Å². The molecule has 0 aromatic carbocycles. The van der Waals surface area contributed by atoms with Crippen LogP contribution in [0.4, 0.5) is 0 Å². The SMILES string of the molecule is NCCCn1cc(-c2csc(-c3cnn4ccccc34)n2)cn1. The van der Waals surface area contributed by atoms with E-state index in [-0.39, 0.29) is 0 Å². The lowest BCUT2D eigenvalue weighted by atomic mass is 10.2. The lowest BCUT2D eigenvalue weighted by Crippen LogP contribution is -2.05. The number of pyridine rings is 1. The molecule has 0 amide bonds. The van der Waals surface area contributed by atoms with Crippen LogP contribution in [0.3, 0.4) is 0 Å². The number of thiazole rings is 1. The summed E-state index contributed by atoms with van der Waals surface area (Å²) in [5, 5.41) is 11.8. The molecule has 0 saturated heterocycles. The molecule has 4 aromatic rings. The first-order valence-electron chi connectivity index (χ1n) is 7.46. The monoisotopic (exact) mass is 324 g/mol. The van der Waals surface area contributed by atoms with Gasteiger partial charge >= 0.3 is 0 Å². The van der Waals surface area contributed by atoms with Crippen molar-refractivity contribution in [1.82, 2.24) is 24.4 Å². The zero-order valence-corrected chi connectivity index (χ0v) is 13.3. The van der Waals surface area contributed by atoms with E-state index in [1.807, 2.05) is 52.2 Å². The van der Waals surface area contributed by atoms with Crippen molar-refractivity contribution in [2.75, 3.05) is 6.54 Å². The second-order valence-corrected chi connectivity index (χ2v) is 6.12. The highest BCUT2D eigenvalue weighted by molar-refractivity contribution is 7.13. The number of aryl methyl sites for hydroxylation is 1. The highest BCUT2D eigenvalue weighted by Crippen LogP contribution is 2.31. The summed E-state index contributed by atoms with van der Waals surface area (Å²) >= 11 is 1.62. The molecule has 0 spiro atoms. The van der Waals surface area contributed by atoms with Gasteiger partial charge in [0.1, 0.15) is 5.01 Å². The third-order valence-corrected chi connectivity index (χ3v) is 4.56. The van der Waals surface area contributed by atoms with E-state index >= 15 is 0 Å². The molecule has 0 atom stereocenters. The summed E-state index contributed by atoms with van der Waals surface area (Å²) in [5.41, 5.74) is 9.63. The molecule has 4 aromatic heterocycles. The number of fused-ring (bicyclic) bond motifs is 1. The van der Waals surface area contributed by atoms with Crippen LogP contribution in [-0.4, -0.2) is 30.9 Å². The molecule has 116 valence electrons. The number of nitrogens with zero attached hydrogens (tertiary/aromatic N) is 5. The predicted molar refractivity (Wildman–Crippen MR) is 91.2 cm³/mol. The van der Waals surface area contributed by atoms with E-state index in [1.165, 1.54) is 0 Å². The molecule has 0 aliphatic carbocycles. The minimum absolute atomic E-state index is 0.671. The first-order chi connectivity index (χ1) is 11.3. The summed E-state index contributed by atoms with van der Waals surface area (Å²) < 4.78 is 3.78. The molecule has 4 heterocycles. The molecule has 0 aliphatic heterocycles. The van der Waals surface area contributed by atoms with Crippen LogP contribution in [0, 0.1) is 0 Å². The fraction of sp³-hybridized carbons (Fsp3) is 0.188. The highest BCUT2D eigenvalue weighted by atomic mass is 32.1. The summed E-state index contributed by atoms with van der Waals surface area (Å²) in [6.07, 6.45) is 8.60. The predicted octanol–water partition coefficient (Wildman–Crippen LogP) is 2.67. The van der Waals surface area contributed by atoms with E-state index < -0.39 is 0 Å². The Kier molecular flexibility index (Phi) is 3.64. The van der Waals surface area contributed by atoms with Gasteiger partial charge in [-0.3, -0.25) is 4.68 Å². The Labute approximate surface area is 137 Å². The van der Waals surface area contributed by atoms with Crippen molar-refractivity contribution in [3.63, 3.8) is 0 Å². The van der Waals surface area contributed by atoms with Gasteiger partial charge in [0, 0.05) is 29.9 Å². The van der Waals surface area contributed by atoms with Gasteiger partial charge in [-0.15, -0.1) is 11.3 Å². The van der Waals surface area contributed by atoms with E-state index in [2.05, 4.69) is 15.6 Å². The third kappa shape index (κ3) is 2.64. The van der Waals surface area contributed by atoms with Crippen LogP contribution in [-0.2, 0) is 6.54 Å². The Bertz CT molecular complexity index is 935. The molecule has 2 N–H and O–H groups in total. The molecule has 7 heteroatoms. The Morgan fingerprint density at radius 2 is 2.13 bits per heavy atom. The van der Waals surface area contributed by atoms with Crippen LogP contribution in [0.25, 0.3) is 27.3 Å². The van der Waals surface area contributed by atoms with Crippen LogP contribution < -0.4 is 5.73 Å². The zero-order valence-electron chi connectivity index (χ0n) is 12.5. The largest absolute Gasteiger partial charge is 0.330 e. The van der Waals surface area contributed by atoms with Crippen molar-refractivity contribution in [1.29, 1.82) is 0 Å². The molecule has 0 saturated carbocycles. The van der Waals surface area contributed by atoms with Crippen LogP contribution in [0.1, 0.15) is 6.42 Å². The first-order valence-corrected chi connectivity index (χ1v) is 8.34. The number of aromatic nitrogens is 5. The van der Waals surface area contributed by atoms with Crippen LogP contribution in [0.15, 0.2) is 48.4 Å². The fourth-order valence-electron chi connectivity index (χ4n) is 2.50. The van der Waals surface area contributed by atoms with Crippen molar-refractivity contribution < 1.29 is 0 Å². The lowest BCUT2D eigenvalue weighted by Gasteiger charge is -1.97. The summed E-state index contributed by atoms with van der Waals surface area (Å²) in [5.74, 6) is 0. The molecule has 0 aliphatic rings.